The van der Waals surface area contributed by atoms with Gasteiger partial charge in [-0.1, -0.05) is 24.3 Å². The van der Waals surface area contributed by atoms with Gasteiger partial charge in [-0.15, -0.1) is 0 Å². The molecule has 0 bridgehead atoms. The van der Waals surface area contributed by atoms with E-state index in [4.69, 9.17) is 0 Å². The molecule has 29 heavy (non-hydrogen) atoms. The molecule has 4 aromatic rings. The number of aromatic nitrogens is 3. The van der Waals surface area contributed by atoms with Crippen molar-refractivity contribution in [3.8, 4) is 34.3 Å². The zero-order valence-electron chi connectivity index (χ0n) is 15.7. The summed E-state index contributed by atoms with van der Waals surface area (Å²) in [6.07, 6.45) is 5.04. The maximum Gasteiger partial charge on any atom is 0.263 e. The highest BCUT2D eigenvalue weighted by molar-refractivity contribution is 5.74. The largest absolute Gasteiger partial charge is 0.388 e. The molecule has 6 nitrogen and oxygen atoms in total. The van der Waals surface area contributed by atoms with Crippen molar-refractivity contribution in [2.45, 2.75) is 0 Å². The first kappa shape index (κ1) is 18.1. The summed E-state index contributed by atoms with van der Waals surface area (Å²) in [5.41, 5.74) is 3.48. The van der Waals surface area contributed by atoms with Crippen LogP contribution in [0.2, 0.25) is 0 Å². The summed E-state index contributed by atoms with van der Waals surface area (Å²) in [5.74, 6) is 0.502. The van der Waals surface area contributed by atoms with Gasteiger partial charge in [-0.25, -0.2) is 9.97 Å². The van der Waals surface area contributed by atoms with Crippen LogP contribution < -0.4 is 10.9 Å². The summed E-state index contributed by atoms with van der Waals surface area (Å²) < 4.78 is 1.57. The number of rotatable bonds is 4. The van der Waals surface area contributed by atoms with Crippen molar-refractivity contribution in [3.05, 3.63) is 95.2 Å². The zero-order valence-corrected chi connectivity index (χ0v) is 15.7. The summed E-state index contributed by atoms with van der Waals surface area (Å²) in [6, 6.07) is 20.3. The summed E-state index contributed by atoms with van der Waals surface area (Å²) in [7, 11) is 1.82. The van der Waals surface area contributed by atoms with Crippen molar-refractivity contribution in [1.82, 2.24) is 14.5 Å². The molecule has 0 unspecified atom stereocenters. The number of nitrogens with one attached hydrogen (secondary N) is 1. The van der Waals surface area contributed by atoms with Crippen LogP contribution in [0.4, 0.5) is 5.69 Å². The zero-order chi connectivity index (χ0) is 20.2. The SMILES string of the molecule is [11CH3]Nc1cccc(-n2cc(-c3ncccn3)cc(-c3ccccc3C#N)c2=O)c1. The molecular weight excluding hydrogens is 361 g/mol. The summed E-state index contributed by atoms with van der Waals surface area (Å²) in [5, 5.41) is 12.6. The van der Waals surface area contributed by atoms with E-state index in [2.05, 4.69) is 21.4 Å². The van der Waals surface area contributed by atoms with E-state index in [-0.39, 0.29) is 5.56 Å². The molecule has 0 radical (unpaired) electrons. The van der Waals surface area contributed by atoms with Gasteiger partial charge in [0.2, 0.25) is 0 Å². The number of hydrogen-bond donors (Lipinski definition) is 1. The smallest absolute Gasteiger partial charge is 0.263 e. The second-order valence-corrected chi connectivity index (χ2v) is 6.35. The van der Waals surface area contributed by atoms with Gasteiger partial charge in [-0.2, -0.15) is 5.26 Å². The Morgan fingerprint density at radius 2 is 1.76 bits per heavy atom. The number of pyridine rings is 1. The van der Waals surface area contributed by atoms with Crippen LogP contribution in [0.3, 0.4) is 0 Å². The fourth-order valence-electron chi connectivity index (χ4n) is 3.16. The van der Waals surface area contributed by atoms with E-state index in [0.717, 1.165) is 5.69 Å². The predicted molar refractivity (Wildman–Crippen MR) is 113 cm³/mol. The highest BCUT2D eigenvalue weighted by atomic mass is 16.1. The quantitative estimate of drug-likeness (QED) is 0.583. The molecule has 140 valence electrons. The van der Waals surface area contributed by atoms with Crippen molar-refractivity contribution in [1.29, 1.82) is 5.26 Å². The lowest BCUT2D eigenvalue weighted by atomic mass is 10.00. The van der Waals surface area contributed by atoms with Crippen LogP contribution in [0.25, 0.3) is 28.2 Å². The van der Waals surface area contributed by atoms with E-state index in [0.29, 0.717) is 33.8 Å². The first-order chi connectivity index (χ1) is 14.2. The van der Waals surface area contributed by atoms with E-state index in [1.165, 1.54) is 0 Å². The molecule has 2 aromatic heterocycles. The molecule has 0 saturated carbocycles. The average molecular weight is 378 g/mol. The van der Waals surface area contributed by atoms with Gasteiger partial charge < -0.3 is 5.32 Å². The third-order valence-corrected chi connectivity index (χ3v) is 4.59. The highest BCUT2D eigenvalue weighted by Crippen LogP contribution is 2.25. The number of nitrogens with zero attached hydrogens (tertiary/aromatic N) is 4. The van der Waals surface area contributed by atoms with Gasteiger partial charge in [0.05, 0.1) is 17.3 Å². The molecular formula is C23H17N5O. The molecule has 0 amide bonds. The second-order valence-electron chi connectivity index (χ2n) is 6.35. The van der Waals surface area contributed by atoms with Gasteiger partial charge in [0.15, 0.2) is 5.82 Å². The van der Waals surface area contributed by atoms with Crippen LogP contribution in [-0.2, 0) is 0 Å². The van der Waals surface area contributed by atoms with Crippen molar-refractivity contribution in [2.75, 3.05) is 12.4 Å². The predicted octanol–water partition coefficient (Wildman–Crippen LogP) is 3.87. The summed E-state index contributed by atoms with van der Waals surface area (Å²) >= 11 is 0. The molecule has 4 rings (SSSR count). The fourth-order valence-corrected chi connectivity index (χ4v) is 3.16. The average Bonchev–Trinajstić information content (AvgIpc) is 2.80. The molecule has 0 aliphatic rings. The topological polar surface area (TPSA) is 83.6 Å². The Hall–Kier alpha value is -4.24. The van der Waals surface area contributed by atoms with Crippen LogP contribution in [0.5, 0.6) is 0 Å². The van der Waals surface area contributed by atoms with Crippen molar-refractivity contribution >= 4 is 5.69 Å². The Bertz CT molecular complexity index is 1270. The molecule has 0 aliphatic heterocycles. The number of hydrogen-bond acceptors (Lipinski definition) is 5. The van der Waals surface area contributed by atoms with Gasteiger partial charge in [-0.3, -0.25) is 9.36 Å². The Balaban J connectivity index is 2.03. The standard InChI is InChI=1S/C23H17N5O/c1-25-18-7-4-8-19(13-18)28-15-17(22-26-10-5-11-27-22)12-21(23(28)29)20-9-3-2-6-16(20)14-24/h2-13,15,25H,1H3/i1-1. The third kappa shape index (κ3) is 3.49. The minimum atomic E-state index is -0.222. The monoisotopic (exact) mass is 378 g/mol. The Labute approximate surface area is 167 Å². The lowest BCUT2D eigenvalue weighted by molar-refractivity contribution is 0.989. The molecule has 2 heterocycles. The summed E-state index contributed by atoms with van der Waals surface area (Å²) in [6.45, 7) is 0. The molecule has 0 aliphatic carbocycles. The Kier molecular flexibility index (Phi) is 4.87. The third-order valence-electron chi connectivity index (χ3n) is 4.59. The van der Waals surface area contributed by atoms with Crippen LogP contribution in [0.15, 0.2) is 84.0 Å². The van der Waals surface area contributed by atoms with Crippen molar-refractivity contribution in [2.24, 2.45) is 0 Å². The van der Waals surface area contributed by atoms with E-state index in [1.54, 1.807) is 53.5 Å². The van der Waals surface area contributed by atoms with E-state index < -0.39 is 0 Å². The van der Waals surface area contributed by atoms with Crippen LogP contribution in [-0.4, -0.2) is 21.6 Å². The van der Waals surface area contributed by atoms with Gasteiger partial charge in [0.25, 0.3) is 5.56 Å². The lowest BCUT2D eigenvalue weighted by Crippen LogP contribution is -2.20. The Morgan fingerprint density at radius 3 is 2.52 bits per heavy atom. The van der Waals surface area contributed by atoms with Gasteiger partial charge >= 0.3 is 0 Å². The second kappa shape index (κ2) is 7.79. The van der Waals surface area contributed by atoms with Crippen molar-refractivity contribution in [3.63, 3.8) is 0 Å². The Morgan fingerprint density at radius 1 is 0.966 bits per heavy atom. The van der Waals surface area contributed by atoms with Crippen LogP contribution >= 0.6 is 0 Å². The molecule has 0 spiro atoms. The van der Waals surface area contributed by atoms with E-state index >= 15 is 0 Å². The van der Waals surface area contributed by atoms with Gasteiger partial charge in [-0.05, 0) is 36.4 Å². The first-order valence-corrected chi connectivity index (χ1v) is 9.03. The molecule has 0 atom stereocenters. The van der Waals surface area contributed by atoms with E-state index in [9.17, 15) is 10.1 Å². The first-order valence-electron chi connectivity index (χ1n) is 9.03. The van der Waals surface area contributed by atoms with Crippen molar-refractivity contribution < 1.29 is 0 Å². The minimum absolute atomic E-state index is 0.222. The molecule has 1 N–H and O–H groups in total. The van der Waals surface area contributed by atoms with Crippen LogP contribution in [0.1, 0.15) is 5.56 Å². The molecule has 0 saturated heterocycles. The molecule has 2 aromatic carbocycles. The number of benzene rings is 2. The normalized spacial score (nSPS) is 10.3. The molecule has 0 fully saturated rings. The summed E-state index contributed by atoms with van der Waals surface area (Å²) in [4.78, 5) is 22.1. The lowest BCUT2D eigenvalue weighted by Gasteiger charge is -2.13. The number of nitriles is 1. The maximum absolute atomic E-state index is 13.4. The highest BCUT2D eigenvalue weighted by Gasteiger charge is 2.15. The van der Waals surface area contributed by atoms with E-state index in [1.807, 2.05) is 37.4 Å². The van der Waals surface area contributed by atoms with Crippen LogP contribution in [0, 0.1) is 11.3 Å². The van der Waals surface area contributed by atoms with Gasteiger partial charge in [0, 0.05) is 48.0 Å². The number of anilines is 1. The molecule has 6 heteroatoms. The van der Waals surface area contributed by atoms with Gasteiger partial charge in [0.1, 0.15) is 0 Å². The maximum atomic E-state index is 13.4. The fraction of sp³-hybridized carbons (Fsp3) is 0.0435. The minimum Gasteiger partial charge on any atom is -0.388 e.